The van der Waals surface area contributed by atoms with E-state index in [-0.39, 0.29) is 41.9 Å². The van der Waals surface area contributed by atoms with Crippen LogP contribution in [0.15, 0.2) is 0 Å². The quantitative estimate of drug-likeness (QED) is 0.514. The predicted octanol–water partition coefficient (Wildman–Crippen LogP) is 0.554. The molecule has 32 heavy (non-hydrogen) atoms. The van der Waals surface area contributed by atoms with Crippen molar-refractivity contribution in [2.45, 2.75) is 80.1 Å². The number of ether oxygens (including phenoxy) is 3. The highest BCUT2D eigenvalue weighted by Crippen LogP contribution is 2.54. The molecule has 0 aromatic heterocycles. The molecule has 2 saturated carbocycles. The fourth-order valence-corrected chi connectivity index (χ4v) is 8.08. The van der Waals surface area contributed by atoms with Gasteiger partial charge in [-0.05, 0) is 44.2 Å². The molecule has 3 saturated heterocycles. The molecular weight excluding hydrogens is 434 g/mol. The summed E-state index contributed by atoms with van der Waals surface area (Å²) in [6, 6.07) is 0.295. The van der Waals surface area contributed by atoms with Gasteiger partial charge in [-0.1, -0.05) is 6.92 Å². The number of carbonyl (C=O) groups excluding carboxylic acids is 1. The van der Waals surface area contributed by atoms with E-state index in [0.717, 1.165) is 32.4 Å². The summed E-state index contributed by atoms with van der Waals surface area (Å²) in [5.74, 6) is -0.255. The zero-order valence-electron chi connectivity index (χ0n) is 19.5. The maximum absolute atomic E-state index is 14.1. The van der Waals surface area contributed by atoms with Crippen LogP contribution in [0.2, 0.25) is 0 Å². The van der Waals surface area contributed by atoms with Gasteiger partial charge in [-0.25, -0.2) is 5.01 Å². The normalized spacial score (nSPS) is 52.4. The van der Waals surface area contributed by atoms with Gasteiger partial charge in [0.05, 0.1) is 35.7 Å². The Bertz CT molecular complexity index is 724. The number of alkyl halides is 1. The largest absolute Gasteiger partial charge is 0.389 e. The lowest BCUT2D eigenvalue weighted by atomic mass is 9.61. The summed E-state index contributed by atoms with van der Waals surface area (Å²) in [6.07, 6.45) is 1.47. The second kappa shape index (κ2) is 8.72. The third kappa shape index (κ3) is 3.25. The molecular formula is C23H38ClN3O5. The van der Waals surface area contributed by atoms with Crippen LogP contribution in [0.1, 0.15) is 32.6 Å². The Morgan fingerprint density at radius 1 is 1.19 bits per heavy atom. The van der Waals surface area contributed by atoms with Crippen LogP contribution in [0, 0.1) is 23.7 Å². The van der Waals surface area contributed by atoms with E-state index in [1.54, 1.807) is 14.2 Å². The van der Waals surface area contributed by atoms with Gasteiger partial charge in [0, 0.05) is 45.7 Å². The number of nitrogens with one attached hydrogen (secondary N) is 2. The Labute approximate surface area is 195 Å². The van der Waals surface area contributed by atoms with E-state index < -0.39 is 29.1 Å². The van der Waals surface area contributed by atoms with Crippen molar-refractivity contribution < 1.29 is 24.1 Å². The Morgan fingerprint density at radius 3 is 2.53 bits per heavy atom. The number of methoxy groups -OCH3 is 2. The van der Waals surface area contributed by atoms with Crippen LogP contribution in [-0.4, -0.2) is 97.7 Å². The number of hydrogen-bond donors (Lipinski definition) is 3. The number of piperidine rings is 1. The zero-order chi connectivity index (χ0) is 22.8. The average Bonchev–Trinajstić information content (AvgIpc) is 3.29. The molecule has 0 amide bonds. The van der Waals surface area contributed by atoms with Gasteiger partial charge in [0.1, 0.15) is 0 Å². The minimum atomic E-state index is -1.25. The molecule has 9 unspecified atom stereocenters. The Kier molecular flexibility index (Phi) is 6.38. The number of nitrogens with zero attached hydrogens (tertiary/aromatic N) is 1. The monoisotopic (exact) mass is 471 g/mol. The van der Waals surface area contributed by atoms with E-state index in [1.165, 1.54) is 0 Å². The van der Waals surface area contributed by atoms with Crippen molar-refractivity contribution >= 4 is 17.4 Å². The van der Waals surface area contributed by atoms with Crippen LogP contribution in [0.25, 0.3) is 0 Å². The van der Waals surface area contributed by atoms with Crippen LogP contribution in [0.5, 0.6) is 0 Å². The first-order chi connectivity index (χ1) is 15.3. The smallest absolute Gasteiger partial charge is 0.175 e. The van der Waals surface area contributed by atoms with Crippen LogP contribution in [0.3, 0.4) is 0 Å². The summed E-state index contributed by atoms with van der Waals surface area (Å²) in [5, 5.41) is 17.1. The first kappa shape index (κ1) is 23.4. The molecule has 0 bridgehead atoms. The molecule has 5 aliphatic rings. The summed E-state index contributed by atoms with van der Waals surface area (Å²) in [4.78, 5) is 14.1. The molecule has 182 valence electrons. The summed E-state index contributed by atoms with van der Waals surface area (Å²) < 4.78 is 18.0. The summed E-state index contributed by atoms with van der Waals surface area (Å²) >= 11 is 6.79. The zero-order valence-corrected chi connectivity index (χ0v) is 20.3. The third-order valence-electron chi connectivity index (χ3n) is 9.20. The topological polar surface area (TPSA) is 92.3 Å². The lowest BCUT2D eigenvalue weighted by molar-refractivity contribution is -0.195. The van der Waals surface area contributed by atoms with E-state index >= 15 is 0 Å². The molecule has 0 aromatic carbocycles. The number of ketones is 1. The molecule has 5 fully saturated rings. The van der Waals surface area contributed by atoms with E-state index in [1.807, 2.05) is 6.92 Å². The van der Waals surface area contributed by atoms with Crippen molar-refractivity contribution in [3.63, 3.8) is 0 Å². The Morgan fingerprint density at radius 2 is 1.88 bits per heavy atom. The number of rotatable bonds is 3. The van der Waals surface area contributed by atoms with E-state index in [0.29, 0.717) is 12.3 Å². The van der Waals surface area contributed by atoms with Crippen molar-refractivity contribution in [2.24, 2.45) is 23.7 Å². The molecule has 1 spiro atoms. The fraction of sp³-hybridized carbons (Fsp3) is 0.957. The molecule has 9 heteroatoms. The number of fused-ring (bicyclic) bond motifs is 2. The molecule has 3 aliphatic heterocycles. The molecule has 8 nitrogen and oxygen atoms in total. The number of halogens is 1. The average molecular weight is 472 g/mol. The highest BCUT2D eigenvalue weighted by molar-refractivity contribution is 6.22. The van der Waals surface area contributed by atoms with Gasteiger partial charge in [0.25, 0.3) is 0 Å². The lowest BCUT2D eigenvalue weighted by Gasteiger charge is -2.49. The molecule has 11 atom stereocenters. The summed E-state index contributed by atoms with van der Waals surface area (Å²) in [5.41, 5.74) is 2.36. The number of hydrogen-bond acceptors (Lipinski definition) is 8. The minimum absolute atomic E-state index is 0.0355. The van der Waals surface area contributed by atoms with Gasteiger partial charge < -0.3 is 24.6 Å². The maximum atomic E-state index is 14.1. The van der Waals surface area contributed by atoms with Gasteiger partial charge in [0.15, 0.2) is 11.4 Å². The maximum Gasteiger partial charge on any atom is 0.175 e. The van der Waals surface area contributed by atoms with Gasteiger partial charge >= 0.3 is 0 Å². The number of aliphatic hydroxyl groups excluding tert-OH is 1. The van der Waals surface area contributed by atoms with Crippen molar-refractivity contribution in [1.29, 1.82) is 0 Å². The van der Waals surface area contributed by atoms with Crippen LogP contribution >= 0.6 is 11.6 Å². The molecule has 3 heterocycles. The van der Waals surface area contributed by atoms with Gasteiger partial charge in [-0.15, -0.1) is 11.6 Å². The molecule has 3 N–H and O–H groups in total. The number of Topliss-reactive ketones (excluding diaryl/α,β-unsaturated/α-hetero) is 1. The number of hydrazine groups is 1. The van der Waals surface area contributed by atoms with E-state index in [9.17, 15) is 9.90 Å². The van der Waals surface area contributed by atoms with Crippen molar-refractivity contribution in [2.75, 3.05) is 34.4 Å². The SMILES string of the molecule is COC1CC(OC)C2C(=O)[C@@]3(OC2C1Cl)C(O)C1C(C[C@H]3C)NN(C)C1C1CCNCC1. The predicted molar refractivity (Wildman–Crippen MR) is 119 cm³/mol. The van der Waals surface area contributed by atoms with Crippen LogP contribution < -0.4 is 10.7 Å². The van der Waals surface area contributed by atoms with Crippen LogP contribution in [0.4, 0.5) is 0 Å². The second-order valence-electron chi connectivity index (χ2n) is 10.6. The van der Waals surface area contributed by atoms with Gasteiger partial charge in [0.2, 0.25) is 0 Å². The molecule has 0 aromatic rings. The number of carbonyl (C=O) groups is 1. The van der Waals surface area contributed by atoms with E-state index in [2.05, 4.69) is 22.8 Å². The first-order valence-electron chi connectivity index (χ1n) is 12.1. The Hall–Kier alpha value is -0.320. The van der Waals surface area contributed by atoms with Crippen LogP contribution in [-0.2, 0) is 19.0 Å². The molecule has 5 rings (SSSR count). The minimum Gasteiger partial charge on any atom is -0.389 e. The molecule has 0 radical (unpaired) electrons. The van der Waals surface area contributed by atoms with Crippen molar-refractivity contribution in [1.82, 2.24) is 15.8 Å². The number of aliphatic hydroxyl groups is 1. The summed E-state index contributed by atoms with van der Waals surface area (Å²) in [6.45, 7) is 4.02. The first-order valence-corrected chi connectivity index (χ1v) is 12.6. The summed E-state index contributed by atoms with van der Waals surface area (Å²) in [7, 11) is 5.33. The van der Waals surface area contributed by atoms with Crippen molar-refractivity contribution in [3.05, 3.63) is 0 Å². The second-order valence-corrected chi connectivity index (χ2v) is 11.1. The third-order valence-corrected chi connectivity index (χ3v) is 9.73. The standard InChI is InChI=1S/C23H38ClN3O5/c1-11-9-13-16(19(27(2)26-13)12-5-7-25-8-6-12)21(28)23(11)22(29)17-14(30-3)10-15(31-4)18(24)20(17)32-23/h11-21,25-26,28H,5-10H2,1-4H3/t11-,13?,14?,15?,16?,17?,18?,19?,20?,21?,23+/m1/s1. The van der Waals surface area contributed by atoms with E-state index in [4.69, 9.17) is 25.8 Å². The highest BCUT2D eigenvalue weighted by atomic mass is 35.5. The van der Waals surface area contributed by atoms with Crippen molar-refractivity contribution in [3.8, 4) is 0 Å². The lowest BCUT2D eigenvalue weighted by Crippen LogP contribution is -2.65. The highest BCUT2D eigenvalue weighted by Gasteiger charge is 2.71. The van der Waals surface area contributed by atoms with Gasteiger partial charge in [-0.2, -0.15) is 0 Å². The van der Waals surface area contributed by atoms with Gasteiger partial charge in [-0.3, -0.25) is 10.2 Å². The Balaban J connectivity index is 1.49. The molecule has 2 aliphatic carbocycles. The fourth-order valence-electron chi connectivity index (χ4n) is 7.67.